The van der Waals surface area contributed by atoms with E-state index in [0.29, 0.717) is 5.92 Å². The van der Waals surface area contributed by atoms with Crippen molar-refractivity contribution in [3.63, 3.8) is 0 Å². The van der Waals surface area contributed by atoms with Crippen molar-refractivity contribution >= 4 is 0 Å². The Balaban J connectivity index is 2.69. The maximum Gasteiger partial charge on any atom is 0.146 e. The molecule has 0 radical (unpaired) electrons. The van der Waals surface area contributed by atoms with Gasteiger partial charge in [0.15, 0.2) is 0 Å². The highest BCUT2D eigenvalue weighted by molar-refractivity contribution is 5.17. The Hall–Kier alpha value is -1.02. The highest BCUT2D eigenvalue weighted by atomic mass is 14.5. The number of rotatable bonds is 3. The van der Waals surface area contributed by atoms with Crippen molar-refractivity contribution in [2.24, 2.45) is 11.3 Å². The molecule has 0 aromatic rings. The van der Waals surface area contributed by atoms with Gasteiger partial charge in [-0.15, -0.1) is 0 Å². The van der Waals surface area contributed by atoms with E-state index >= 15 is 0 Å². The van der Waals surface area contributed by atoms with E-state index < -0.39 is 5.41 Å². The van der Waals surface area contributed by atoms with E-state index in [1.807, 2.05) is 0 Å². The second kappa shape index (κ2) is 5.01. The summed E-state index contributed by atoms with van der Waals surface area (Å²) in [5.41, 5.74) is -0.659. The predicted molar refractivity (Wildman–Crippen MR) is 55.1 cm³/mol. The molecule has 76 valence electrons. The molecule has 0 bridgehead atoms. The predicted octanol–water partition coefficient (Wildman–Crippen LogP) is 3.40. The van der Waals surface area contributed by atoms with Gasteiger partial charge in [-0.2, -0.15) is 10.5 Å². The van der Waals surface area contributed by atoms with Crippen molar-refractivity contribution in [3.8, 4) is 12.1 Å². The van der Waals surface area contributed by atoms with E-state index in [4.69, 9.17) is 10.5 Å². The summed E-state index contributed by atoms with van der Waals surface area (Å²) in [5, 5.41) is 18.3. The number of hydrogen-bond acceptors (Lipinski definition) is 2. The molecule has 0 N–H and O–H groups in total. The fourth-order valence-corrected chi connectivity index (χ4v) is 2.41. The minimum atomic E-state index is -0.659. The summed E-state index contributed by atoms with van der Waals surface area (Å²) in [6, 6.07) is 4.53. The van der Waals surface area contributed by atoms with Crippen molar-refractivity contribution < 1.29 is 0 Å². The lowest BCUT2D eigenvalue weighted by molar-refractivity contribution is 0.204. The normalized spacial score (nSPS) is 24.9. The van der Waals surface area contributed by atoms with Gasteiger partial charge in [-0.1, -0.05) is 32.6 Å². The molecule has 14 heavy (non-hydrogen) atoms. The van der Waals surface area contributed by atoms with Gasteiger partial charge in [0.1, 0.15) is 5.41 Å². The van der Waals surface area contributed by atoms with Crippen LogP contribution in [0.25, 0.3) is 0 Å². The molecule has 1 unspecified atom stereocenters. The van der Waals surface area contributed by atoms with Crippen LogP contribution in [0.15, 0.2) is 0 Å². The van der Waals surface area contributed by atoms with Crippen molar-refractivity contribution in [3.05, 3.63) is 0 Å². The summed E-state index contributed by atoms with van der Waals surface area (Å²) in [6.07, 6.45) is 7.45. The average molecular weight is 190 g/mol. The SMILES string of the molecule is CCCCC1CCCCC1(C#N)C#N. The van der Waals surface area contributed by atoms with Crippen LogP contribution in [0.1, 0.15) is 51.9 Å². The van der Waals surface area contributed by atoms with Crippen LogP contribution < -0.4 is 0 Å². The fraction of sp³-hybridized carbons (Fsp3) is 0.833. The van der Waals surface area contributed by atoms with E-state index in [0.717, 1.165) is 38.5 Å². The molecule has 0 aromatic carbocycles. The lowest BCUT2D eigenvalue weighted by Crippen LogP contribution is -2.31. The lowest BCUT2D eigenvalue weighted by Gasteiger charge is -2.33. The van der Waals surface area contributed by atoms with Gasteiger partial charge in [0.25, 0.3) is 0 Å². The van der Waals surface area contributed by atoms with Crippen LogP contribution in [0.4, 0.5) is 0 Å². The zero-order valence-electron chi connectivity index (χ0n) is 8.92. The molecule has 0 aliphatic heterocycles. The maximum absolute atomic E-state index is 9.14. The van der Waals surface area contributed by atoms with Crippen LogP contribution in [-0.2, 0) is 0 Å². The monoisotopic (exact) mass is 190 g/mol. The third-order valence-electron chi connectivity index (χ3n) is 3.38. The summed E-state index contributed by atoms with van der Waals surface area (Å²) in [6.45, 7) is 2.16. The Morgan fingerprint density at radius 3 is 2.57 bits per heavy atom. The van der Waals surface area contributed by atoms with Gasteiger partial charge >= 0.3 is 0 Å². The third kappa shape index (κ3) is 2.07. The van der Waals surface area contributed by atoms with Crippen molar-refractivity contribution in [2.75, 3.05) is 0 Å². The summed E-state index contributed by atoms with van der Waals surface area (Å²) < 4.78 is 0. The van der Waals surface area contributed by atoms with Crippen LogP contribution in [0.3, 0.4) is 0 Å². The number of nitrogens with zero attached hydrogens (tertiary/aromatic N) is 2. The molecule has 2 heteroatoms. The first-order valence-electron chi connectivity index (χ1n) is 5.61. The Morgan fingerprint density at radius 1 is 1.29 bits per heavy atom. The van der Waals surface area contributed by atoms with Crippen LogP contribution in [0.5, 0.6) is 0 Å². The van der Waals surface area contributed by atoms with Crippen LogP contribution in [-0.4, -0.2) is 0 Å². The molecule has 0 amide bonds. The van der Waals surface area contributed by atoms with E-state index in [-0.39, 0.29) is 0 Å². The molecule has 0 saturated heterocycles. The number of unbranched alkanes of at least 4 members (excludes halogenated alkanes) is 1. The molecule has 0 heterocycles. The molecule has 1 aliphatic rings. The van der Waals surface area contributed by atoms with E-state index in [2.05, 4.69) is 19.1 Å². The minimum absolute atomic E-state index is 0.325. The van der Waals surface area contributed by atoms with Gasteiger partial charge in [0, 0.05) is 0 Å². The molecule has 1 saturated carbocycles. The third-order valence-corrected chi connectivity index (χ3v) is 3.38. The first-order chi connectivity index (χ1) is 6.79. The molecule has 1 atom stereocenters. The minimum Gasteiger partial charge on any atom is -0.197 e. The van der Waals surface area contributed by atoms with Gasteiger partial charge in [-0.25, -0.2) is 0 Å². The molecule has 2 nitrogen and oxygen atoms in total. The smallest absolute Gasteiger partial charge is 0.146 e. The summed E-state index contributed by atoms with van der Waals surface area (Å²) in [7, 11) is 0. The Labute approximate surface area is 86.5 Å². The highest BCUT2D eigenvalue weighted by Gasteiger charge is 2.40. The largest absolute Gasteiger partial charge is 0.197 e. The molecule has 1 rings (SSSR count). The van der Waals surface area contributed by atoms with Crippen molar-refractivity contribution in [2.45, 2.75) is 51.9 Å². The molecular formula is C12H18N2. The molecule has 1 fully saturated rings. The van der Waals surface area contributed by atoms with Crippen LogP contribution in [0.2, 0.25) is 0 Å². The Morgan fingerprint density at radius 2 is 2.00 bits per heavy atom. The fourth-order valence-electron chi connectivity index (χ4n) is 2.41. The number of hydrogen-bond donors (Lipinski definition) is 0. The Bertz CT molecular complexity index is 242. The first-order valence-corrected chi connectivity index (χ1v) is 5.61. The van der Waals surface area contributed by atoms with Gasteiger partial charge < -0.3 is 0 Å². The van der Waals surface area contributed by atoms with Gasteiger partial charge in [-0.05, 0) is 25.2 Å². The van der Waals surface area contributed by atoms with E-state index in [9.17, 15) is 0 Å². The van der Waals surface area contributed by atoms with Gasteiger partial charge in [0.05, 0.1) is 12.1 Å². The van der Waals surface area contributed by atoms with Crippen molar-refractivity contribution in [1.82, 2.24) is 0 Å². The maximum atomic E-state index is 9.14. The van der Waals surface area contributed by atoms with Gasteiger partial charge in [-0.3, -0.25) is 0 Å². The summed E-state index contributed by atoms with van der Waals surface area (Å²) in [5.74, 6) is 0.325. The van der Waals surface area contributed by atoms with Crippen LogP contribution in [0, 0.1) is 34.0 Å². The van der Waals surface area contributed by atoms with Gasteiger partial charge in [0.2, 0.25) is 0 Å². The first kappa shape index (κ1) is 11.1. The highest BCUT2D eigenvalue weighted by Crippen LogP contribution is 2.42. The van der Waals surface area contributed by atoms with Crippen LogP contribution >= 0.6 is 0 Å². The van der Waals surface area contributed by atoms with Crippen molar-refractivity contribution in [1.29, 1.82) is 10.5 Å². The second-order valence-electron chi connectivity index (χ2n) is 4.28. The molecule has 0 aromatic heterocycles. The quantitative estimate of drug-likeness (QED) is 0.684. The van der Waals surface area contributed by atoms with E-state index in [1.165, 1.54) is 6.42 Å². The summed E-state index contributed by atoms with van der Waals surface area (Å²) in [4.78, 5) is 0. The standard InChI is InChI=1S/C12H18N2/c1-2-3-6-11-7-4-5-8-12(11,9-13)10-14/h11H,2-8H2,1H3. The topological polar surface area (TPSA) is 47.6 Å². The lowest BCUT2D eigenvalue weighted by atomic mass is 9.66. The zero-order valence-corrected chi connectivity index (χ0v) is 8.92. The van der Waals surface area contributed by atoms with E-state index in [1.54, 1.807) is 0 Å². The summed E-state index contributed by atoms with van der Waals surface area (Å²) >= 11 is 0. The zero-order chi connectivity index (χ0) is 10.4. The molecule has 0 spiro atoms. The molecule has 1 aliphatic carbocycles. The second-order valence-corrected chi connectivity index (χ2v) is 4.28. The number of nitriles is 2. The Kier molecular flexibility index (Phi) is 3.96. The average Bonchev–Trinajstić information content (AvgIpc) is 2.26. The molecular weight excluding hydrogens is 172 g/mol.